The maximum Gasteiger partial charge on any atom is 0.510 e. The summed E-state index contributed by atoms with van der Waals surface area (Å²) in [6.45, 7) is 2.08. The topological polar surface area (TPSA) is 46.5 Å². The van der Waals surface area contributed by atoms with Gasteiger partial charge in [0.2, 0.25) is 0 Å². The van der Waals surface area contributed by atoms with E-state index in [1.807, 2.05) is 0 Å². The largest absolute Gasteiger partial charge is 0.510 e. The number of rotatable bonds is 4. The van der Waals surface area contributed by atoms with Gasteiger partial charge in [-0.2, -0.15) is 0 Å². The lowest BCUT2D eigenvalue weighted by Crippen LogP contribution is -1.91. The minimum atomic E-state index is -1.26. The van der Waals surface area contributed by atoms with Gasteiger partial charge in [0.15, 0.2) is 0 Å². The maximum atomic E-state index is 9.76. The number of ether oxygens (including phenoxy) is 1. The summed E-state index contributed by atoms with van der Waals surface area (Å²) in [7, 11) is 0. The van der Waals surface area contributed by atoms with Crippen LogP contribution in [-0.2, 0) is 4.74 Å². The predicted octanol–water partition coefficient (Wildman–Crippen LogP) is 2.38. The van der Waals surface area contributed by atoms with Gasteiger partial charge in [0.05, 0.1) is 6.26 Å². The number of hydrogen-bond acceptors (Lipinski definition) is 2. The van der Waals surface area contributed by atoms with E-state index >= 15 is 0 Å². The second-order valence-corrected chi connectivity index (χ2v) is 1.90. The second kappa shape index (κ2) is 6.13. The summed E-state index contributed by atoms with van der Waals surface area (Å²) in [6, 6.07) is 0. The van der Waals surface area contributed by atoms with Gasteiger partial charge in [-0.1, -0.05) is 13.3 Å². The molecule has 0 radical (unpaired) electrons. The summed E-state index contributed by atoms with van der Waals surface area (Å²) in [5.41, 5.74) is 0. The van der Waals surface area contributed by atoms with Crippen LogP contribution in [0, 0.1) is 0 Å². The molecule has 0 heterocycles. The fourth-order valence-electron chi connectivity index (χ4n) is 0.496. The van der Waals surface area contributed by atoms with E-state index in [0.29, 0.717) is 0 Å². The van der Waals surface area contributed by atoms with Gasteiger partial charge in [0.25, 0.3) is 0 Å². The van der Waals surface area contributed by atoms with Crippen molar-refractivity contribution in [1.82, 2.24) is 0 Å². The standard InChI is InChI=1S/C7H12O3/c1-2-3-4-5-6-10-7(8)9/h5-6H,2-4H2,1H3,(H,8,9)/b6-5+. The number of carbonyl (C=O) groups is 1. The minimum Gasteiger partial charge on any atom is -0.449 e. The van der Waals surface area contributed by atoms with E-state index in [0.717, 1.165) is 19.3 Å². The summed E-state index contributed by atoms with van der Waals surface area (Å²) in [4.78, 5) is 9.76. The highest BCUT2D eigenvalue weighted by Gasteiger charge is 1.87. The van der Waals surface area contributed by atoms with E-state index in [9.17, 15) is 4.79 Å². The molecule has 3 nitrogen and oxygen atoms in total. The first-order chi connectivity index (χ1) is 4.77. The molecule has 0 aliphatic carbocycles. The predicted molar refractivity (Wildman–Crippen MR) is 37.8 cm³/mol. The quantitative estimate of drug-likeness (QED) is 0.374. The van der Waals surface area contributed by atoms with E-state index < -0.39 is 6.16 Å². The van der Waals surface area contributed by atoms with E-state index in [4.69, 9.17) is 5.11 Å². The van der Waals surface area contributed by atoms with Crippen LogP contribution in [-0.4, -0.2) is 11.3 Å². The van der Waals surface area contributed by atoms with Crippen LogP contribution < -0.4 is 0 Å². The van der Waals surface area contributed by atoms with Crippen LogP contribution in [0.25, 0.3) is 0 Å². The monoisotopic (exact) mass is 144 g/mol. The lowest BCUT2D eigenvalue weighted by molar-refractivity contribution is 0.128. The Labute approximate surface area is 60.3 Å². The van der Waals surface area contributed by atoms with E-state index in [-0.39, 0.29) is 0 Å². The van der Waals surface area contributed by atoms with Crippen LogP contribution >= 0.6 is 0 Å². The number of hydrogen-bond donors (Lipinski definition) is 1. The van der Waals surface area contributed by atoms with Gasteiger partial charge in [-0.15, -0.1) is 0 Å². The highest BCUT2D eigenvalue weighted by atomic mass is 16.7. The molecule has 0 saturated heterocycles. The fraction of sp³-hybridized carbons (Fsp3) is 0.571. The number of unbranched alkanes of at least 4 members (excludes halogenated alkanes) is 2. The molecular formula is C7H12O3. The molecule has 0 amide bonds. The van der Waals surface area contributed by atoms with E-state index in [1.165, 1.54) is 6.26 Å². The zero-order valence-corrected chi connectivity index (χ0v) is 6.04. The van der Waals surface area contributed by atoms with Gasteiger partial charge in [0.1, 0.15) is 0 Å². The third-order valence-electron chi connectivity index (χ3n) is 0.989. The van der Waals surface area contributed by atoms with Crippen molar-refractivity contribution < 1.29 is 14.6 Å². The molecular weight excluding hydrogens is 132 g/mol. The summed E-state index contributed by atoms with van der Waals surface area (Å²) in [5, 5.41) is 8.00. The van der Waals surface area contributed by atoms with Crippen molar-refractivity contribution in [2.45, 2.75) is 26.2 Å². The normalized spacial score (nSPS) is 10.1. The van der Waals surface area contributed by atoms with Crippen LogP contribution in [0.3, 0.4) is 0 Å². The molecule has 10 heavy (non-hydrogen) atoms. The van der Waals surface area contributed by atoms with Crippen molar-refractivity contribution in [1.29, 1.82) is 0 Å². The Bertz CT molecular complexity index is 118. The summed E-state index contributed by atoms with van der Waals surface area (Å²) >= 11 is 0. The Morgan fingerprint density at radius 1 is 1.70 bits per heavy atom. The van der Waals surface area contributed by atoms with Crippen LogP contribution in [0.4, 0.5) is 4.79 Å². The van der Waals surface area contributed by atoms with Gasteiger partial charge in [0, 0.05) is 0 Å². The van der Waals surface area contributed by atoms with Crippen LogP contribution in [0.2, 0.25) is 0 Å². The zero-order chi connectivity index (χ0) is 7.82. The molecule has 0 aliphatic heterocycles. The number of carboxylic acid groups (broad SMARTS) is 1. The Morgan fingerprint density at radius 2 is 2.40 bits per heavy atom. The second-order valence-electron chi connectivity index (χ2n) is 1.90. The molecule has 0 atom stereocenters. The molecule has 0 aromatic carbocycles. The first-order valence-corrected chi connectivity index (χ1v) is 3.32. The van der Waals surface area contributed by atoms with Crippen LogP contribution in [0.1, 0.15) is 26.2 Å². The van der Waals surface area contributed by atoms with Gasteiger partial charge in [-0.3, -0.25) is 0 Å². The highest BCUT2D eigenvalue weighted by Crippen LogP contribution is 1.94. The van der Waals surface area contributed by atoms with Crippen molar-refractivity contribution >= 4 is 6.16 Å². The molecule has 0 bridgehead atoms. The molecule has 58 valence electrons. The summed E-state index contributed by atoms with van der Waals surface area (Å²) in [6.07, 6.45) is 4.71. The lowest BCUT2D eigenvalue weighted by atomic mass is 10.2. The van der Waals surface area contributed by atoms with Crippen LogP contribution in [0.15, 0.2) is 12.3 Å². The molecule has 0 fully saturated rings. The zero-order valence-electron chi connectivity index (χ0n) is 6.04. The SMILES string of the molecule is CCCC/C=C/OC(=O)O. The molecule has 3 heteroatoms. The van der Waals surface area contributed by atoms with Crippen molar-refractivity contribution in [3.8, 4) is 0 Å². The van der Waals surface area contributed by atoms with Gasteiger partial charge >= 0.3 is 6.16 Å². The third-order valence-corrected chi connectivity index (χ3v) is 0.989. The fourth-order valence-corrected chi connectivity index (χ4v) is 0.496. The lowest BCUT2D eigenvalue weighted by Gasteiger charge is -1.88. The van der Waals surface area contributed by atoms with Crippen LogP contribution in [0.5, 0.6) is 0 Å². The molecule has 0 aromatic rings. The molecule has 0 saturated carbocycles. The number of allylic oxidation sites excluding steroid dienone is 1. The van der Waals surface area contributed by atoms with Crippen molar-refractivity contribution in [3.63, 3.8) is 0 Å². The van der Waals surface area contributed by atoms with Gasteiger partial charge < -0.3 is 9.84 Å². The molecule has 0 aromatic heterocycles. The summed E-state index contributed by atoms with van der Waals surface area (Å²) in [5.74, 6) is 0. The Balaban J connectivity index is 3.12. The van der Waals surface area contributed by atoms with Crippen molar-refractivity contribution in [2.75, 3.05) is 0 Å². The molecule has 1 N–H and O–H groups in total. The maximum absolute atomic E-state index is 9.76. The van der Waals surface area contributed by atoms with Crippen molar-refractivity contribution in [3.05, 3.63) is 12.3 Å². The Morgan fingerprint density at radius 3 is 2.90 bits per heavy atom. The van der Waals surface area contributed by atoms with Crippen molar-refractivity contribution in [2.24, 2.45) is 0 Å². The third kappa shape index (κ3) is 7.01. The molecule has 0 unspecified atom stereocenters. The first kappa shape index (κ1) is 9.01. The molecule has 0 aliphatic rings. The van der Waals surface area contributed by atoms with E-state index in [1.54, 1.807) is 6.08 Å². The average molecular weight is 144 g/mol. The Hall–Kier alpha value is -0.990. The average Bonchev–Trinajstić information content (AvgIpc) is 1.87. The first-order valence-electron chi connectivity index (χ1n) is 3.32. The van der Waals surface area contributed by atoms with E-state index in [2.05, 4.69) is 11.7 Å². The van der Waals surface area contributed by atoms with Gasteiger partial charge in [-0.25, -0.2) is 4.79 Å². The minimum absolute atomic E-state index is 0.879. The molecule has 0 spiro atoms. The Kier molecular flexibility index (Phi) is 5.53. The molecule has 0 rings (SSSR count). The smallest absolute Gasteiger partial charge is 0.449 e. The van der Waals surface area contributed by atoms with Gasteiger partial charge in [-0.05, 0) is 18.9 Å². The summed E-state index contributed by atoms with van der Waals surface area (Å²) < 4.78 is 4.12. The highest BCUT2D eigenvalue weighted by molar-refractivity contribution is 5.57.